The van der Waals surface area contributed by atoms with E-state index in [0.717, 1.165) is 94.7 Å². The van der Waals surface area contributed by atoms with Gasteiger partial charge in [-0.25, -0.2) is 9.97 Å². The van der Waals surface area contributed by atoms with Crippen LogP contribution in [0.4, 0.5) is 0 Å². The van der Waals surface area contributed by atoms with Crippen molar-refractivity contribution in [2.24, 2.45) is 5.11 Å². The summed E-state index contributed by atoms with van der Waals surface area (Å²) in [4.78, 5) is 73.0. The molecule has 370 valence electrons. The van der Waals surface area contributed by atoms with Gasteiger partial charge in [-0.15, -0.1) is 5.10 Å². The molecular weight excluding hydrogens is 901 g/mol. The molecular formula is C51H62N16O4. The van der Waals surface area contributed by atoms with Gasteiger partial charge in [0.2, 0.25) is 11.8 Å². The lowest BCUT2D eigenvalue weighted by molar-refractivity contribution is -0.126. The number of nitrogens with one attached hydrogen (secondary N) is 6. The zero-order chi connectivity index (χ0) is 50.0. The number of azide groups is 1. The van der Waals surface area contributed by atoms with Crippen molar-refractivity contribution in [3.05, 3.63) is 118 Å². The fraction of sp³-hybridized carbons (Fsp3) is 0.373. The van der Waals surface area contributed by atoms with Gasteiger partial charge in [-0.2, -0.15) is 0 Å². The summed E-state index contributed by atoms with van der Waals surface area (Å²) in [6.45, 7) is 5.31. The molecule has 0 saturated heterocycles. The molecule has 20 nitrogen and oxygen atoms in total. The monoisotopic (exact) mass is 963 g/mol. The Morgan fingerprint density at radius 3 is 1.72 bits per heavy atom. The van der Waals surface area contributed by atoms with Gasteiger partial charge in [0.15, 0.2) is 0 Å². The molecule has 71 heavy (non-hydrogen) atoms. The number of carbonyl (C=O) groups is 4. The summed E-state index contributed by atoms with van der Waals surface area (Å²) in [6.07, 6.45) is 6.14. The Balaban J connectivity index is 0.788. The molecule has 4 amide bonds. The molecule has 7 aromatic rings. The van der Waals surface area contributed by atoms with Crippen molar-refractivity contribution in [1.29, 1.82) is 0 Å². The van der Waals surface area contributed by atoms with Gasteiger partial charge < -0.3 is 41.0 Å². The minimum atomic E-state index is -0.206. The average molecular weight is 963 g/mol. The number of hydrogen-bond donors (Lipinski definition) is 6. The van der Waals surface area contributed by atoms with Crippen molar-refractivity contribution >= 4 is 45.7 Å². The van der Waals surface area contributed by atoms with Gasteiger partial charge in [0.25, 0.3) is 11.8 Å². The van der Waals surface area contributed by atoms with Gasteiger partial charge in [0.1, 0.15) is 11.6 Å². The van der Waals surface area contributed by atoms with Crippen LogP contribution in [0.3, 0.4) is 0 Å². The van der Waals surface area contributed by atoms with E-state index in [4.69, 9.17) is 15.5 Å². The smallest absolute Gasteiger partial charge is 0.251 e. The topological polar surface area (TPSA) is 260 Å². The number of amides is 4. The van der Waals surface area contributed by atoms with Crippen molar-refractivity contribution in [3.8, 4) is 33.9 Å². The van der Waals surface area contributed by atoms with Crippen LogP contribution in [0.15, 0.2) is 96.2 Å². The molecule has 0 aliphatic heterocycles. The number of rotatable bonds is 27. The molecule has 7 rings (SSSR count). The van der Waals surface area contributed by atoms with E-state index in [1.165, 1.54) is 0 Å². The highest BCUT2D eigenvalue weighted by Crippen LogP contribution is 2.29. The third-order valence-electron chi connectivity index (χ3n) is 11.9. The fourth-order valence-corrected chi connectivity index (χ4v) is 7.82. The molecule has 3 heterocycles. The van der Waals surface area contributed by atoms with Gasteiger partial charge in [-0.1, -0.05) is 46.7 Å². The summed E-state index contributed by atoms with van der Waals surface area (Å²) >= 11 is 0. The summed E-state index contributed by atoms with van der Waals surface area (Å²) in [6, 6.07) is 27.2. The van der Waals surface area contributed by atoms with Crippen molar-refractivity contribution in [1.82, 2.24) is 66.0 Å². The second-order valence-corrected chi connectivity index (χ2v) is 17.7. The Morgan fingerprint density at radius 1 is 0.634 bits per heavy atom. The van der Waals surface area contributed by atoms with E-state index < -0.39 is 0 Å². The van der Waals surface area contributed by atoms with E-state index in [1.807, 2.05) is 92.9 Å². The van der Waals surface area contributed by atoms with Gasteiger partial charge in [-0.3, -0.25) is 23.9 Å². The lowest BCUT2D eigenvalue weighted by Gasteiger charge is -2.16. The van der Waals surface area contributed by atoms with Crippen LogP contribution in [-0.2, 0) is 22.6 Å². The van der Waals surface area contributed by atoms with Crippen molar-refractivity contribution in [3.63, 3.8) is 0 Å². The summed E-state index contributed by atoms with van der Waals surface area (Å²) in [5, 5.41) is 23.4. The van der Waals surface area contributed by atoms with E-state index in [1.54, 1.807) is 4.68 Å². The first-order valence-electron chi connectivity index (χ1n) is 24.0. The molecule has 0 atom stereocenters. The first-order valence-corrected chi connectivity index (χ1v) is 24.0. The van der Waals surface area contributed by atoms with Gasteiger partial charge >= 0.3 is 0 Å². The summed E-state index contributed by atoms with van der Waals surface area (Å²) < 4.78 is 1.78. The molecule has 0 saturated carbocycles. The molecule has 0 fully saturated rings. The highest BCUT2D eigenvalue weighted by atomic mass is 16.2. The van der Waals surface area contributed by atoms with E-state index in [2.05, 4.69) is 80.7 Å². The van der Waals surface area contributed by atoms with Crippen LogP contribution in [0, 0.1) is 0 Å². The van der Waals surface area contributed by atoms with Crippen LogP contribution in [-0.4, -0.2) is 142 Å². The largest absolute Gasteiger partial charge is 0.356 e. The molecule has 0 radical (unpaired) electrons. The number of benzene rings is 4. The molecule has 20 heteroatoms. The SMILES string of the molecule is CN(C)CCNC(=O)c1ccc(-c2nc3cc(-c4ccc5[nH]c(-c6ccc(C(=O)NCCN(C)CCCCc7cn(CCCNC(=O)CCC(=O)NCCCN=[N+]=[N-])nn7)cc6)nc5c4)ccc3[nH]2)cc1. The van der Waals surface area contributed by atoms with E-state index in [9.17, 15) is 19.2 Å². The lowest BCUT2D eigenvalue weighted by atomic mass is 10.0. The standard InChI is InChI=1S/C51H62N16O4/c1-65(2)30-26-55-50(70)37-13-9-35(10-14-37)48-58-42-19-17-39(32-44(42)60-48)40-18-20-43-45(33-40)61-49(59-43)36-11-15-38(16-12-36)51(71)56-27-31-66(3)28-5-4-8-41-34-67(64-62-41)29-7-24-54-47(69)22-21-46(68)53-23-6-25-57-63-52/h9-20,32-34H,4-8,21-31H2,1-3H3,(H,53,68)(H,54,69)(H,55,70)(H,56,71)(H,58,60)(H,59,61). The fourth-order valence-electron chi connectivity index (χ4n) is 7.82. The predicted molar refractivity (Wildman–Crippen MR) is 274 cm³/mol. The molecule has 0 unspecified atom stereocenters. The number of fused-ring (bicyclic) bond motifs is 2. The van der Waals surface area contributed by atoms with Crippen LogP contribution in [0.25, 0.3) is 66.4 Å². The Labute approximate surface area is 412 Å². The number of aryl methyl sites for hydroxylation is 2. The molecule has 0 bridgehead atoms. The number of imidazole rings is 2. The summed E-state index contributed by atoms with van der Waals surface area (Å²) in [5.74, 6) is 0.832. The maximum absolute atomic E-state index is 13.0. The first-order chi connectivity index (χ1) is 34.5. The van der Waals surface area contributed by atoms with Gasteiger partial charge in [0, 0.05) is 98.6 Å². The van der Waals surface area contributed by atoms with Crippen molar-refractivity contribution in [2.45, 2.75) is 51.5 Å². The van der Waals surface area contributed by atoms with Crippen LogP contribution >= 0.6 is 0 Å². The highest BCUT2D eigenvalue weighted by Gasteiger charge is 2.14. The van der Waals surface area contributed by atoms with E-state index >= 15 is 0 Å². The molecule has 0 aliphatic rings. The van der Waals surface area contributed by atoms with Crippen molar-refractivity contribution < 1.29 is 19.2 Å². The van der Waals surface area contributed by atoms with Crippen LogP contribution < -0.4 is 21.3 Å². The molecule has 0 spiro atoms. The van der Waals surface area contributed by atoms with Crippen LogP contribution in [0.2, 0.25) is 0 Å². The molecule has 4 aromatic carbocycles. The zero-order valence-corrected chi connectivity index (χ0v) is 40.6. The second kappa shape index (κ2) is 25.6. The Hall–Kier alpha value is -7.93. The van der Waals surface area contributed by atoms with Crippen LogP contribution in [0.5, 0.6) is 0 Å². The lowest BCUT2D eigenvalue weighted by Crippen LogP contribution is -2.33. The third kappa shape index (κ3) is 15.3. The Morgan fingerprint density at radius 2 is 1.17 bits per heavy atom. The number of hydrogen-bond acceptors (Lipinski definition) is 11. The predicted octanol–water partition coefficient (Wildman–Crippen LogP) is 6.11. The minimum absolute atomic E-state index is 0.0988. The van der Waals surface area contributed by atoms with Gasteiger partial charge in [-0.05, 0) is 125 Å². The minimum Gasteiger partial charge on any atom is -0.356 e. The number of aromatic nitrogens is 7. The Kier molecular flexibility index (Phi) is 18.4. The Bertz CT molecular complexity index is 2930. The maximum atomic E-state index is 13.0. The van der Waals surface area contributed by atoms with E-state index in [-0.39, 0.29) is 36.5 Å². The number of nitrogens with zero attached hydrogens (tertiary/aromatic N) is 10. The number of carbonyl (C=O) groups excluding carboxylic acids is 4. The third-order valence-corrected chi connectivity index (χ3v) is 11.9. The molecule has 3 aromatic heterocycles. The number of unbranched alkanes of at least 4 members (excludes halogenated alkanes) is 1. The zero-order valence-electron chi connectivity index (χ0n) is 40.6. The second-order valence-electron chi connectivity index (χ2n) is 17.7. The molecule has 6 N–H and O–H groups in total. The number of likely N-dealkylation sites (N-methyl/N-ethyl adjacent to an activating group) is 2. The van der Waals surface area contributed by atoms with Crippen molar-refractivity contribution in [2.75, 3.05) is 73.5 Å². The van der Waals surface area contributed by atoms with Crippen LogP contribution in [0.1, 0.15) is 64.9 Å². The average Bonchev–Trinajstić information content (AvgIpc) is 4.14. The van der Waals surface area contributed by atoms with E-state index in [0.29, 0.717) is 69.1 Å². The number of H-pyrrole nitrogens is 2. The quantitative estimate of drug-likeness (QED) is 0.0149. The molecule has 0 aliphatic carbocycles. The van der Waals surface area contributed by atoms with Gasteiger partial charge in [0.05, 0.1) is 27.8 Å². The maximum Gasteiger partial charge on any atom is 0.251 e. The summed E-state index contributed by atoms with van der Waals surface area (Å²) in [7, 11) is 5.99. The normalized spacial score (nSPS) is 11.3. The summed E-state index contributed by atoms with van der Waals surface area (Å²) in [5.41, 5.74) is 17.6. The number of aromatic amines is 2. The highest BCUT2D eigenvalue weighted by molar-refractivity contribution is 5.96. The first kappa shape index (κ1) is 50.9.